The molecule has 0 saturated carbocycles. The topological polar surface area (TPSA) is 98.4 Å². The van der Waals surface area contributed by atoms with Crippen LogP contribution in [0.5, 0.6) is 0 Å². The number of fused-ring (bicyclic) bond motifs is 3. The Morgan fingerprint density at radius 3 is 2.89 bits per heavy atom. The van der Waals surface area contributed by atoms with Crippen LogP contribution in [0.3, 0.4) is 0 Å². The van der Waals surface area contributed by atoms with Crippen molar-refractivity contribution in [3.63, 3.8) is 0 Å². The first-order valence-corrected chi connectivity index (χ1v) is 11.4. The van der Waals surface area contributed by atoms with Gasteiger partial charge < -0.3 is 20.0 Å². The smallest absolute Gasteiger partial charge is 0.287 e. The number of amides is 2. The van der Waals surface area contributed by atoms with E-state index in [1.165, 1.54) is 6.07 Å². The summed E-state index contributed by atoms with van der Waals surface area (Å²) in [5.74, 6) is -2.17. The third-order valence-corrected chi connectivity index (χ3v) is 7.10. The Bertz CT molecular complexity index is 1380. The molecular weight excluding hydrogens is 454 g/mol. The van der Waals surface area contributed by atoms with Gasteiger partial charge in [-0.05, 0) is 18.6 Å². The lowest BCUT2D eigenvalue weighted by molar-refractivity contribution is -0.116. The van der Waals surface area contributed by atoms with Crippen molar-refractivity contribution >= 4 is 23.3 Å². The van der Waals surface area contributed by atoms with Gasteiger partial charge in [0.05, 0.1) is 11.5 Å². The van der Waals surface area contributed by atoms with Crippen molar-refractivity contribution in [3.8, 4) is 6.07 Å². The molecule has 180 valence electrons. The van der Waals surface area contributed by atoms with Crippen LogP contribution < -0.4 is 10.6 Å². The monoisotopic (exact) mass is 478 g/mol. The largest absolute Gasteiger partial charge is 0.451 e. The molecule has 2 aromatic rings. The van der Waals surface area contributed by atoms with E-state index in [2.05, 4.69) is 16.7 Å². The Balaban J connectivity index is 1.38. The minimum Gasteiger partial charge on any atom is -0.451 e. The number of carbonyl (C=O) groups is 2. The van der Waals surface area contributed by atoms with Gasteiger partial charge in [0.25, 0.3) is 5.91 Å². The number of nitrogens with zero attached hydrogens (tertiary/aromatic N) is 2. The number of hydrogen-bond acceptors (Lipinski definition) is 5. The molecule has 5 rings (SSSR count). The molecule has 1 aromatic heterocycles. The van der Waals surface area contributed by atoms with E-state index in [1.54, 1.807) is 11.0 Å². The second kappa shape index (κ2) is 8.38. The van der Waals surface area contributed by atoms with Crippen molar-refractivity contribution < 1.29 is 22.8 Å². The molecule has 1 aromatic carbocycles. The molecule has 2 unspecified atom stereocenters. The van der Waals surface area contributed by atoms with Gasteiger partial charge in [-0.15, -0.1) is 0 Å². The number of nitriles is 1. The number of furan rings is 1. The average Bonchev–Trinajstić information content (AvgIpc) is 3.46. The molecule has 0 bridgehead atoms. The van der Waals surface area contributed by atoms with Crippen LogP contribution in [0.4, 0.5) is 8.78 Å². The third-order valence-electron chi connectivity index (χ3n) is 7.10. The minimum absolute atomic E-state index is 0.0283. The maximum Gasteiger partial charge on any atom is 0.287 e. The standard InChI is InChI=1S/C26H24F2N4O3/c1-26(2,12-30-25(34)22-10-17-19(28)8-15(27)9-21(17)35-22)24-16-5-6-32(13-33)23(16)18-7-14(11-29)3-4-20(18)31-24/h3-4,8-10,13,16,24,31H,5-7,12H2,1-2H3,(H,30,34). The number of likely N-dealkylation sites (tertiary alicyclic amines) is 1. The first-order chi connectivity index (χ1) is 16.7. The number of rotatable bonds is 5. The van der Waals surface area contributed by atoms with Crippen molar-refractivity contribution in [3.05, 3.63) is 70.3 Å². The average molecular weight is 478 g/mol. The van der Waals surface area contributed by atoms with Crippen molar-refractivity contribution in [2.75, 3.05) is 13.1 Å². The highest BCUT2D eigenvalue weighted by molar-refractivity contribution is 5.96. The summed E-state index contributed by atoms with van der Waals surface area (Å²) < 4.78 is 32.9. The predicted molar refractivity (Wildman–Crippen MR) is 123 cm³/mol. The number of nitrogens with one attached hydrogen (secondary N) is 2. The van der Waals surface area contributed by atoms with Crippen LogP contribution in [-0.4, -0.2) is 36.3 Å². The fourth-order valence-corrected chi connectivity index (χ4v) is 5.34. The zero-order valence-electron chi connectivity index (χ0n) is 19.3. The Morgan fingerprint density at radius 1 is 1.34 bits per heavy atom. The van der Waals surface area contributed by atoms with Gasteiger partial charge in [-0.3, -0.25) is 9.59 Å². The Kier molecular flexibility index (Phi) is 5.47. The second-order valence-corrected chi connectivity index (χ2v) is 9.82. The van der Waals surface area contributed by atoms with E-state index in [4.69, 9.17) is 4.42 Å². The summed E-state index contributed by atoms with van der Waals surface area (Å²) in [4.78, 5) is 26.3. The van der Waals surface area contributed by atoms with Crippen LogP contribution in [-0.2, 0) is 4.79 Å². The van der Waals surface area contributed by atoms with Crippen molar-refractivity contribution in [2.24, 2.45) is 11.3 Å². The van der Waals surface area contributed by atoms with Gasteiger partial charge in [0.15, 0.2) is 5.76 Å². The molecule has 0 spiro atoms. The molecule has 3 aliphatic rings. The molecule has 1 fully saturated rings. The number of carbonyl (C=O) groups excluding carboxylic acids is 2. The van der Waals surface area contributed by atoms with Gasteiger partial charge in [0.2, 0.25) is 6.41 Å². The number of hydrogen-bond donors (Lipinski definition) is 2. The fraction of sp³-hybridized carbons (Fsp3) is 0.346. The van der Waals surface area contributed by atoms with Crippen LogP contribution >= 0.6 is 0 Å². The fourth-order valence-electron chi connectivity index (χ4n) is 5.34. The quantitative estimate of drug-likeness (QED) is 0.635. The van der Waals surface area contributed by atoms with Crippen LogP contribution in [0, 0.1) is 34.3 Å². The summed E-state index contributed by atoms with van der Waals surface area (Å²) in [6, 6.07) is 5.16. The summed E-state index contributed by atoms with van der Waals surface area (Å²) in [6.07, 6.45) is 5.72. The van der Waals surface area contributed by atoms with Crippen molar-refractivity contribution in [2.45, 2.75) is 32.7 Å². The summed E-state index contributed by atoms with van der Waals surface area (Å²) in [5.41, 5.74) is 2.93. The highest BCUT2D eigenvalue weighted by Gasteiger charge is 2.47. The van der Waals surface area contributed by atoms with Gasteiger partial charge in [0.1, 0.15) is 17.2 Å². The lowest BCUT2D eigenvalue weighted by atomic mass is 9.72. The second-order valence-electron chi connectivity index (χ2n) is 9.82. The van der Waals surface area contributed by atoms with E-state index in [0.717, 1.165) is 41.9 Å². The van der Waals surface area contributed by atoms with E-state index < -0.39 is 23.0 Å². The molecule has 3 heterocycles. The molecule has 2 atom stereocenters. The molecule has 0 radical (unpaired) electrons. The Labute approximate surface area is 200 Å². The van der Waals surface area contributed by atoms with Crippen molar-refractivity contribution in [1.29, 1.82) is 5.26 Å². The van der Waals surface area contributed by atoms with E-state index in [0.29, 0.717) is 18.5 Å². The predicted octanol–water partition coefficient (Wildman–Crippen LogP) is 3.91. The molecule has 2 N–H and O–H groups in total. The highest BCUT2D eigenvalue weighted by atomic mass is 19.1. The van der Waals surface area contributed by atoms with Gasteiger partial charge in [-0.1, -0.05) is 13.8 Å². The maximum absolute atomic E-state index is 14.0. The lowest BCUT2D eigenvalue weighted by Gasteiger charge is -2.45. The van der Waals surface area contributed by atoms with Crippen LogP contribution in [0.1, 0.15) is 37.2 Å². The molecule has 35 heavy (non-hydrogen) atoms. The molecule has 9 heteroatoms. The van der Waals surface area contributed by atoms with Gasteiger partial charge in [-0.2, -0.15) is 5.26 Å². The Hall–Kier alpha value is -3.93. The van der Waals surface area contributed by atoms with Crippen molar-refractivity contribution in [1.82, 2.24) is 15.5 Å². The number of halogens is 2. The minimum atomic E-state index is -0.792. The summed E-state index contributed by atoms with van der Waals surface area (Å²) in [5, 5.41) is 15.9. The van der Waals surface area contributed by atoms with Gasteiger partial charge >= 0.3 is 0 Å². The van der Waals surface area contributed by atoms with E-state index in [-0.39, 0.29) is 35.2 Å². The van der Waals surface area contributed by atoms with Crippen LogP contribution in [0.2, 0.25) is 0 Å². The molecule has 1 saturated heterocycles. The molecule has 7 nitrogen and oxygen atoms in total. The van der Waals surface area contributed by atoms with E-state index in [9.17, 15) is 23.6 Å². The Morgan fingerprint density at radius 2 is 2.14 bits per heavy atom. The van der Waals surface area contributed by atoms with E-state index in [1.807, 2.05) is 19.9 Å². The zero-order valence-corrected chi connectivity index (χ0v) is 19.3. The highest BCUT2D eigenvalue weighted by Crippen LogP contribution is 2.45. The van der Waals surface area contributed by atoms with E-state index >= 15 is 0 Å². The van der Waals surface area contributed by atoms with Gasteiger partial charge in [0, 0.05) is 77.6 Å². The molecule has 1 aliphatic carbocycles. The third kappa shape index (κ3) is 3.89. The zero-order chi connectivity index (χ0) is 24.9. The lowest BCUT2D eigenvalue weighted by Crippen LogP contribution is -2.54. The molecule has 2 aliphatic heterocycles. The summed E-state index contributed by atoms with van der Waals surface area (Å²) >= 11 is 0. The van der Waals surface area contributed by atoms with Gasteiger partial charge in [-0.25, -0.2) is 8.78 Å². The first-order valence-electron chi connectivity index (χ1n) is 11.4. The first kappa shape index (κ1) is 22.8. The number of benzene rings is 1. The summed E-state index contributed by atoms with van der Waals surface area (Å²) in [6.45, 7) is 4.90. The molecule has 2 amide bonds. The summed E-state index contributed by atoms with van der Waals surface area (Å²) in [7, 11) is 0. The maximum atomic E-state index is 14.0. The number of allylic oxidation sites excluding steroid dienone is 4. The SMILES string of the molecule is CC(C)(CNC(=O)c1cc2c(F)cc(F)cc2o1)C1NC2=CC=C(C#N)CC2=C2C1CCN2C=O. The molecular formula is C26H24F2N4O3. The van der Waals surface area contributed by atoms with Crippen LogP contribution in [0.25, 0.3) is 11.0 Å². The van der Waals surface area contributed by atoms with Crippen LogP contribution in [0.15, 0.2) is 57.3 Å². The normalized spacial score (nSPS) is 21.5.